The molecule has 2 atom stereocenters. The van der Waals surface area contributed by atoms with E-state index in [1.165, 1.54) is 51.4 Å². The lowest BCUT2D eigenvalue weighted by molar-refractivity contribution is 0.114. The number of nitrogens with one attached hydrogen (secondary N) is 1. The number of ether oxygens (including phenoxy) is 1. The molecule has 1 saturated heterocycles. The molecule has 0 bridgehead atoms. The van der Waals surface area contributed by atoms with Crippen molar-refractivity contribution in [2.24, 2.45) is 5.92 Å². The second-order valence-corrected chi connectivity index (χ2v) is 6.13. The van der Waals surface area contributed by atoms with E-state index in [2.05, 4.69) is 19.2 Å². The van der Waals surface area contributed by atoms with Crippen molar-refractivity contribution in [3.63, 3.8) is 0 Å². The molecule has 1 aliphatic heterocycles. The molecule has 1 aliphatic rings. The zero-order valence-electron chi connectivity index (χ0n) is 12.7. The fourth-order valence-electron chi connectivity index (χ4n) is 2.68. The second kappa shape index (κ2) is 10.6. The summed E-state index contributed by atoms with van der Waals surface area (Å²) in [5.74, 6) is 0.568. The van der Waals surface area contributed by atoms with Gasteiger partial charge in [0, 0.05) is 19.1 Å². The Morgan fingerprint density at radius 1 is 1.26 bits per heavy atom. The van der Waals surface area contributed by atoms with Crippen LogP contribution in [-0.2, 0) is 4.74 Å². The Balaban J connectivity index is 2.11. The van der Waals surface area contributed by atoms with Crippen LogP contribution in [0.3, 0.4) is 0 Å². The maximum atomic E-state index is 5.62. The van der Waals surface area contributed by atoms with Crippen LogP contribution in [0.25, 0.3) is 0 Å². The van der Waals surface area contributed by atoms with Gasteiger partial charge in [0.1, 0.15) is 0 Å². The molecule has 0 radical (unpaired) electrons. The summed E-state index contributed by atoms with van der Waals surface area (Å²) >= 11 is 5.54. The van der Waals surface area contributed by atoms with Crippen LogP contribution < -0.4 is 5.32 Å². The Kier molecular flexibility index (Phi) is 9.44. The molecule has 0 saturated carbocycles. The van der Waals surface area contributed by atoms with Crippen LogP contribution in [0.1, 0.15) is 71.6 Å². The van der Waals surface area contributed by atoms with Crippen LogP contribution in [0, 0.1) is 5.92 Å². The summed E-state index contributed by atoms with van der Waals surface area (Å²) in [6.07, 6.45) is 11.9. The first-order valence-corrected chi connectivity index (χ1v) is 8.58. The lowest BCUT2D eigenvalue weighted by Gasteiger charge is -2.19. The Labute approximate surface area is 124 Å². The van der Waals surface area contributed by atoms with Crippen molar-refractivity contribution in [3.8, 4) is 0 Å². The average molecular weight is 285 g/mol. The number of hydrogen-bond donors (Lipinski definition) is 1. The van der Waals surface area contributed by atoms with E-state index in [0.717, 1.165) is 24.6 Å². The van der Waals surface area contributed by atoms with Gasteiger partial charge in [-0.05, 0) is 25.7 Å². The van der Waals surface area contributed by atoms with E-state index >= 15 is 0 Å². The molecule has 19 heavy (non-hydrogen) atoms. The molecule has 0 aliphatic carbocycles. The van der Waals surface area contributed by atoms with Crippen molar-refractivity contribution in [2.75, 3.05) is 13.2 Å². The normalized spacial score (nSPS) is 20.4. The Hall–Kier alpha value is -0.150. The summed E-state index contributed by atoms with van der Waals surface area (Å²) in [4.78, 5) is 1.06. The van der Waals surface area contributed by atoms with Crippen LogP contribution in [0.5, 0.6) is 0 Å². The average Bonchev–Trinajstić information content (AvgIpc) is 2.93. The summed E-state index contributed by atoms with van der Waals surface area (Å²) in [7, 11) is 0. The Bertz CT molecular complexity index is 239. The first-order chi connectivity index (χ1) is 9.27. The highest BCUT2D eigenvalue weighted by Gasteiger charge is 2.17. The predicted octanol–water partition coefficient (Wildman–Crippen LogP) is 4.47. The molecule has 112 valence electrons. The molecule has 0 aromatic carbocycles. The van der Waals surface area contributed by atoms with Crippen LogP contribution in [0.15, 0.2) is 0 Å². The molecule has 0 spiro atoms. The van der Waals surface area contributed by atoms with Gasteiger partial charge in [-0.1, -0.05) is 58.2 Å². The van der Waals surface area contributed by atoms with E-state index in [4.69, 9.17) is 17.0 Å². The maximum absolute atomic E-state index is 5.62. The zero-order valence-corrected chi connectivity index (χ0v) is 13.6. The van der Waals surface area contributed by atoms with Crippen LogP contribution in [0.2, 0.25) is 0 Å². The van der Waals surface area contributed by atoms with Crippen molar-refractivity contribution in [2.45, 2.75) is 77.7 Å². The lowest BCUT2D eigenvalue weighted by Crippen LogP contribution is -2.34. The van der Waals surface area contributed by atoms with Crippen LogP contribution in [0.4, 0.5) is 0 Å². The third kappa shape index (κ3) is 7.26. The highest BCUT2D eigenvalue weighted by Crippen LogP contribution is 2.17. The third-order valence-corrected chi connectivity index (χ3v) is 4.53. The number of rotatable bonds is 10. The Morgan fingerprint density at radius 2 is 2.05 bits per heavy atom. The molecule has 3 heteroatoms. The number of thiocarbonyl (C=S) groups is 1. The van der Waals surface area contributed by atoms with Gasteiger partial charge in [0.05, 0.1) is 11.1 Å². The monoisotopic (exact) mass is 285 g/mol. The number of unbranched alkanes of at least 4 members (excludes halogenated alkanes) is 4. The lowest BCUT2D eigenvalue weighted by atomic mass is 9.97. The van der Waals surface area contributed by atoms with Crippen molar-refractivity contribution in [1.82, 2.24) is 5.32 Å². The molecule has 1 heterocycles. The summed E-state index contributed by atoms with van der Waals surface area (Å²) < 4.78 is 5.62. The molecular formula is C16H31NOS. The minimum absolute atomic E-state index is 0.389. The maximum Gasteiger partial charge on any atom is 0.0785 e. The van der Waals surface area contributed by atoms with Gasteiger partial charge < -0.3 is 10.1 Å². The van der Waals surface area contributed by atoms with Crippen molar-refractivity contribution in [1.29, 1.82) is 0 Å². The van der Waals surface area contributed by atoms with Crippen LogP contribution >= 0.6 is 12.2 Å². The van der Waals surface area contributed by atoms with Crippen LogP contribution in [-0.4, -0.2) is 24.2 Å². The van der Waals surface area contributed by atoms with Gasteiger partial charge in [0.25, 0.3) is 0 Å². The fraction of sp³-hybridized carbons (Fsp3) is 0.938. The first-order valence-electron chi connectivity index (χ1n) is 8.17. The molecule has 0 amide bonds. The number of hydrogen-bond acceptors (Lipinski definition) is 2. The first kappa shape index (κ1) is 16.9. The van der Waals surface area contributed by atoms with E-state index < -0.39 is 0 Å². The zero-order chi connectivity index (χ0) is 13.9. The smallest absolute Gasteiger partial charge is 0.0785 e. The largest absolute Gasteiger partial charge is 0.377 e. The van der Waals surface area contributed by atoms with Gasteiger partial charge in [-0.15, -0.1) is 0 Å². The predicted molar refractivity (Wildman–Crippen MR) is 86.7 cm³/mol. The van der Waals surface area contributed by atoms with Gasteiger partial charge in [0.15, 0.2) is 0 Å². The topological polar surface area (TPSA) is 21.3 Å². The van der Waals surface area contributed by atoms with Gasteiger partial charge in [-0.25, -0.2) is 0 Å². The van der Waals surface area contributed by atoms with E-state index in [1.54, 1.807) is 0 Å². The Morgan fingerprint density at radius 3 is 2.68 bits per heavy atom. The van der Waals surface area contributed by atoms with E-state index in [0.29, 0.717) is 12.0 Å². The fourth-order valence-corrected chi connectivity index (χ4v) is 3.05. The molecular weight excluding hydrogens is 254 g/mol. The van der Waals surface area contributed by atoms with Gasteiger partial charge >= 0.3 is 0 Å². The minimum atomic E-state index is 0.389. The van der Waals surface area contributed by atoms with Crippen molar-refractivity contribution >= 4 is 17.2 Å². The molecule has 0 aromatic rings. The quantitative estimate of drug-likeness (QED) is 0.473. The molecule has 1 rings (SSSR count). The summed E-state index contributed by atoms with van der Waals surface area (Å²) in [6.45, 7) is 6.34. The standard InChI is InChI=1S/C16H31NOS/c1-3-5-6-7-8-10-14(4-2)16(19)17-13-15-11-9-12-18-15/h14-15H,3-13H2,1-2H3,(H,17,19). The molecule has 2 unspecified atom stereocenters. The summed E-state index contributed by atoms with van der Waals surface area (Å²) in [5, 5.41) is 3.43. The molecule has 1 N–H and O–H groups in total. The van der Waals surface area contributed by atoms with Crippen molar-refractivity contribution in [3.05, 3.63) is 0 Å². The summed E-state index contributed by atoms with van der Waals surface area (Å²) in [5.41, 5.74) is 0. The SMILES string of the molecule is CCCCCCCC(CC)C(=S)NCC1CCCO1. The van der Waals surface area contributed by atoms with Crippen molar-refractivity contribution < 1.29 is 4.74 Å². The molecule has 2 nitrogen and oxygen atoms in total. The minimum Gasteiger partial charge on any atom is -0.377 e. The highest BCUT2D eigenvalue weighted by atomic mass is 32.1. The molecule has 0 aromatic heterocycles. The van der Waals surface area contributed by atoms with E-state index in [-0.39, 0.29) is 0 Å². The third-order valence-electron chi connectivity index (χ3n) is 4.05. The van der Waals surface area contributed by atoms with Gasteiger partial charge in [-0.3, -0.25) is 0 Å². The van der Waals surface area contributed by atoms with Gasteiger partial charge in [-0.2, -0.15) is 0 Å². The molecule has 1 fully saturated rings. The van der Waals surface area contributed by atoms with E-state index in [9.17, 15) is 0 Å². The van der Waals surface area contributed by atoms with E-state index in [1.807, 2.05) is 0 Å². The van der Waals surface area contributed by atoms with Gasteiger partial charge in [0.2, 0.25) is 0 Å². The highest BCUT2D eigenvalue weighted by molar-refractivity contribution is 7.80. The summed E-state index contributed by atoms with van der Waals surface area (Å²) in [6, 6.07) is 0. The second-order valence-electron chi connectivity index (χ2n) is 5.69.